The second-order valence-corrected chi connectivity index (χ2v) is 10.2. The number of aliphatic hydroxyl groups excluding tert-OH is 1. The molecule has 1 saturated carbocycles. The van der Waals surface area contributed by atoms with Crippen LogP contribution in [0.4, 0.5) is 4.39 Å². The second kappa shape index (κ2) is 10.9. The van der Waals surface area contributed by atoms with Crippen LogP contribution < -0.4 is 16.6 Å². The standard InChI is InChI=1S/C28H27FN4O4S/c1-38-22-9-5-8-21(15-22)32-25-23(14-18(29)16-30-25)27(36)33(28(32)37)20-12-10-19(11-13-20)31-26(35)24(34)17-6-3-2-4-7-17/h2-9,14-16,19-20,24,34H,10-13H2,1H3,(H,31,35)/t19-,20+,24-/m1/s1. The van der Waals surface area contributed by atoms with Crippen LogP contribution in [0.2, 0.25) is 0 Å². The summed E-state index contributed by atoms with van der Waals surface area (Å²) in [4.78, 5) is 44.8. The number of rotatable bonds is 6. The first-order valence-corrected chi connectivity index (χ1v) is 13.6. The number of fused-ring (bicyclic) bond motifs is 1. The Labute approximate surface area is 222 Å². The van der Waals surface area contributed by atoms with Gasteiger partial charge < -0.3 is 10.4 Å². The highest BCUT2D eigenvalue weighted by Gasteiger charge is 2.29. The van der Waals surface area contributed by atoms with Crippen molar-refractivity contribution >= 4 is 28.7 Å². The maximum Gasteiger partial charge on any atom is 0.337 e. The van der Waals surface area contributed by atoms with E-state index < -0.39 is 35.1 Å². The molecule has 0 spiro atoms. The summed E-state index contributed by atoms with van der Waals surface area (Å²) < 4.78 is 16.7. The van der Waals surface area contributed by atoms with Crippen molar-refractivity contribution in [3.05, 3.63) is 99.1 Å². The third kappa shape index (κ3) is 5.01. The number of carbonyl (C=O) groups is 1. The Morgan fingerprint density at radius 3 is 2.53 bits per heavy atom. The van der Waals surface area contributed by atoms with E-state index in [2.05, 4.69) is 10.3 Å². The lowest BCUT2D eigenvalue weighted by molar-refractivity contribution is -0.130. The number of aliphatic hydroxyl groups is 1. The summed E-state index contributed by atoms with van der Waals surface area (Å²) in [6, 6.07) is 16.5. The monoisotopic (exact) mass is 534 g/mol. The van der Waals surface area contributed by atoms with Gasteiger partial charge in [0.1, 0.15) is 5.82 Å². The van der Waals surface area contributed by atoms with Crippen LogP contribution in [0.5, 0.6) is 0 Å². The molecule has 1 atom stereocenters. The van der Waals surface area contributed by atoms with Crippen LogP contribution in [0.1, 0.15) is 43.4 Å². The van der Waals surface area contributed by atoms with Crippen LogP contribution in [0, 0.1) is 5.82 Å². The van der Waals surface area contributed by atoms with Crippen LogP contribution in [0.3, 0.4) is 0 Å². The smallest absolute Gasteiger partial charge is 0.337 e. The number of amides is 1. The molecule has 1 amide bonds. The normalized spacial score (nSPS) is 18.3. The van der Waals surface area contributed by atoms with E-state index in [1.54, 1.807) is 30.3 Å². The highest BCUT2D eigenvalue weighted by molar-refractivity contribution is 7.98. The minimum atomic E-state index is -1.27. The summed E-state index contributed by atoms with van der Waals surface area (Å²) in [6.07, 6.45) is 3.60. The van der Waals surface area contributed by atoms with E-state index in [1.807, 2.05) is 30.5 Å². The molecule has 0 bridgehead atoms. The molecular weight excluding hydrogens is 507 g/mol. The van der Waals surface area contributed by atoms with Crippen molar-refractivity contribution in [3.8, 4) is 5.69 Å². The van der Waals surface area contributed by atoms with Gasteiger partial charge in [-0.25, -0.2) is 18.7 Å². The molecule has 5 rings (SSSR count). The maximum absolute atomic E-state index is 14.1. The van der Waals surface area contributed by atoms with Crippen molar-refractivity contribution in [2.45, 2.75) is 48.8 Å². The van der Waals surface area contributed by atoms with Gasteiger partial charge in [0.2, 0.25) is 0 Å². The average molecular weight is 535 g/mol. The van der Waals surface area contributed by atoms with Crippen molar-refractivity contribution in [2.75, 3.05) is 6.26 Å². The lowest BCUT2D eigenvalue weighted by Gasteiger charge is -2.31. The molecule has 2 aromatic heterocycles. The molecule has 38 heavy (non-hydrogen) atoms. The number of benzene rings is 2. The van der Waals surface area contributed by atoms with Crippen LogP contribution >= 0.6 is 11.8 Å². The fourth-order valence-electron chi connectivity index (χ4n) is 5.03. The summed E-state index contributed by atoms with van der Waals surface area (Å²) in [6.45, 7) is 0. The summed E-state index contributed by atoms with van der Waals surface area (Å²) in [5.41, 5.74) is 0.0312. The van der Waals surface area contributed by atoms with Crippen LogP contribution in [-0.2, 0) is 4.79 Å². The van der Waals surface area contributed by atoms with E-state index in [9.17, 15) is 23.9 Å². The summed E-state index contributed by atoms with van der Waals surface area (Å²) >= 11 is 1.52. The minimum absolute atomic E-state index is 0.0283. The third-order valence-electron chi connectivity index (χ3n) is 6.98. The van der Waals surface area contributed by atoms with Gasteiger partial charge in [0.05, 0.1) is 17.3 Å². The van der Waals surface area contributed by atoms with Crippen molar-refractivity contribution < 1.29 is 14.3 Å². The molecule has 1 aliphatic rings. The number of hydrogen-bond donors (Lipinski definition) is 2. The van der Waals surface area contributed by atoms with Gasteiger partial charge >= 0.3 is 5.69 Å². The molecule has 4 aromatic rings. The minimum Gasteiger partial charge on any atom is -0.378 e. The van der Waals surface area contributed by atoms with Gasteiger partial charge in [-0.2, -0.15) is 0 Å². The van der Waals surface area contributed by atoms with E-state index in [0.717, 1.165) is 17.2 Å². The average Bonchev–Trinajstić information content (AvgIpc) is 2.94. The van der Waals surface area contributed by atoms with Crippen molar-refractivity contribution in [3.63, 3.8) is 0 Å². The number of aromatic nitrogens is 3. The Balaban J connectivity index is 1.44. The summed E-state index contributed by atoms with van der Waals surface area (Å²) in [5.74, 6) is -1.15. The zero-order valence-electron chi connectivity index (χ0n) is 20.7. The lowest BCUT2D eigenvalue weighted by Crippen LogP contribution is -2.45. The molecule has 8 nitrogen and oxygen atoms in total. The number of hydrogen-bond acceptors (Lipinski definition) is 6. The molecular formula is C28H27FN4O4S. The van der Waals surface area contributed by atoms with Crippen molar-refractivity contribution in [1.82, 2.24) is 19.4 Å². The Hall–Kier alpha value is -3.76. The molecule has 0 aliphatic heterocycles. The number of halogens is 1. The quantitative estimate of drug-likeness (QED) is 0.365. The van der Waals surface area contributed by atoms with E-state index in [0.29, 0.717) is 36.9 Å². The SMILES string of the molecule is CSc1cccc(-n2c(=O)n([C@H]3CC[C@@H](NC(=O)[C@H](O)c4ccccc4)CC3)c(=O)c3cc(F)cnc32)c1. The first-order chi connectivity index (χ1) is 18.4. The van der Waals surface area contributed by atoms with Crippen molar-refractivity contribution in [2.24, 2.45) is 0 Å². The predicted molar refractivity (Wildman–Crippen MR) is 144 cm³/mol. The number of pyridine rings is 1. The zero-order chi connectivity index (χ0) is 26.8. The topological polar surface area (TPSA) is 106 Å². The Bertz CT molecular complexity index is 1600. The molecule has 0 radical (unpaired) electrons. The predicted octanol–water partition coefficient (Wildman–Crippen LogP) is 3.74. The highest BCUT2D eigenvalue weighted by atomic mass is 32.2. The molecule has 10 heteroatoms. The number of thioether (sulfide) groups is 1. The molecule has 196 valence electrons. The number of carbonyl (C=O) groups excluding carboxylic acids is 1. The van der Waals surface area contributed by atoms with Crippen LogP contribution in [0.15, 0.2) is 81.3 Å². The van der Waals surface area contributed by atoms with Crippen molar-refractivity contribution in [1.29, 1.82) is 0 Å². The highest BCUT2D eigenvalue weighted by Crippen LogP contribution is 2.28. The first kappa shape index (κ1) is 25.9. The van der Waals surface area contributed by atoms with Gasteiger partial charge in [-0.15, -0.1) is 11.8 Å². The fraction of sp³-hybridized carbons (Fsp3) is 0.286. The largest absolute Gasteiger partial charge is 0.378 e. The molecule has 2 N–H and O–H groups in total. The van der Waals surface area contributed by atoms with Gasteiger partial charge in [0.25, 0.3) is 11.5 Å². The van der Waals surface area contributed by atoms with Crippen LogP contribution in [-0.4, -0.2) is 37.4 Å². The lowest BCUT2D eigenvalue weighted by atomic mass is 9.90. The molecule has 1 aliphatic carbocycles. The van der Waals surface area contributed by atoms with E-state index >= 15 is 0 Å². The van der Waals surface area contributed by atoms with E-state index in [4.69, 9.17) is 0 Å². The van der Waals surface area contributed by atoms with Gasteiger partial charge in [-0.1, -0.05) is 36.4 Å². The molecule has 2 aromatic carbocycles. The molecule has 2 heterocycles. The number of nitrogens with zero attached hydrogens (tertiary/aromatic N) is 3. The van der Waals surface area contributed by atoms with E-state index in [-0.39, 0.29) is 17.1 Å². The first-order valence-electron chi connectivity index (χ1n) is 12.4. The van der Waals surface area contributed by atoms with E-state index in [1.165, 1.54) is 20.9 Å². The zero-order valence-corrected chi connectivity index (χ0v) is 21.5. The summed E-state index contributed by atoms with van der Waals surface area (Å²) in [7, 11) is 0. The maximum atomic E-state index is 14.1. The van der Waals surface area contributed by atoms with Crippen LogP contribution in [0.25, 0.3) is 16.7 Å². The van der Waals surface area contributed by atoms with Gasteiger partial charge in [-0.3, -0.25) is 14.2 Å². The molecule has 0 saturated heterocycles. The third-order valence-corrected chi connectivity index (χ3v) is 7.70. The Kier molecular flexibility index (Phi) is 7.44. The molecule has 0 unspecified atom stereocenters. The number of nitrogens with one attached hydrogen (secondary N) is 1. The van der Waals surface area contributed by atoms with Gasteiger partial charge in [0.15, 0.2) is 11.8 Å². The summed E-state index contributed by atoms with van der Waals surface area (Å²) in [5, 5.41) is 13.3. The van der Waals surface area contributed by atoms with Gasteiger partial charge in [0, 0.05) is 17.0 Å². The van der Waals surface area contributed by atoms with Gasteiger partial charge in [-0.05, 0) is 61.8 Å². The molecule has 1 fully saturated rings. The Morgan fingerprint density at radius 1 is 1.08 bits per heavy atom. The Morgan fingerprint density at radius 2 is 1.82 bits per heavy atom. The second-order valence-electron chi connectivity index (χ2n) is 9.35. The fourth-order valence-corrected chi connectivity index (χ4v) is 5.49.